The zero-order chi connectivity index (χ0) is 19.2. The largest absolute Gasteiger partial charge is 0.497 e. The summed E-state index contributed by atoms with van der Waals surface area (Å²) in [5.41, 5.74) is 1.68. The molecule has 1 N–H and O–H groups in total. The smallest absolute Gasteiger partial charge is 0.308 e. The number of nitrogens with zero attached hydrogens (tertiary/aromatic N) is 1. The van der Waals surface area contributed by atoms with Crippen LogP contribution in [0.15, 0.2) is 60.8 Å². The van der Waals surface area contributed by atoms with Crippen LogP contribution in [-0.4, -0.2) is 29.7 Å². The van der Waals surface area contributed by atoms with E-state index in [2.05, 4.69) is 5.32 Å². The van der Waals surface area contributed by atoms with Crippen LogP contribution in [0, 0.1) is 0 Å². The summed E-state index contributed by atoms with van der Waals surface area (Å²) in [4.78, 5) is 24.3. The van der Waals surface area contributed by atoms with Crippen LogP contribution in [0.5, 0.6) is 5.75 Å². The second-order valence-corrected chi connectivity index (χ2v) is 6.17. The van der Waals surface area contributed by atoms with Gasteiger partial charge in [0.25, 0.3) is 5.91 Å². The van der Waals surface area contributed by atoms with E-state index in [0.717, 1.165) is 10.9 Å². The Morgan fingerprint density at radius 1 is 1.07 bits per heavy atom. The highest BCUT2D eigenvalue weighted by molar-refractivity contribution is 5.95. The predicted molar refractivity (Wildman–Crippen MR) is 104 cm³/mol. The zero-order valence-electron chi connectivity index (χ0n) is 15.3. The Labute approximate surface area is 157 Å². The van der Waals surface area contributed by atoms with E-state index < -0.39 is 12.1 Å². The Bertz CT molecular complexity index is 931. The van der Waals surface area contributed by atoms with Gasteiger partial charge in [0, 0.05) is 23.9 Å². The van der Waals surface area contributed by atoms with Gasteiger partial charge >= 0.3 is 5.97 Å². The summed E-state index contributed by atoms with van der Waals surface area (Å²) in [5.74, 6) is -0.0879. The van der Waals surface area contributed by atoms with Crippen molar-refractivity contribution in [2.45, 2.75) is 26.0 Å². The van der Waals surface area contributed by atoms with Gasteiger partial charge in [0.05, 0.1) is 13.5 Å². The number of benzene rings is 2. The molecule has 0 radical (unpaired) electrons. The number of amides is 1. The number of hydrogen-bond acceptors (Lipinski definition) is 4. The molecule has 0 aliphatic rings. The Kier molecular flexibility index (Phi) is 5.76. The van der Waals surface area contributed by atoms with Gasteiger partial charge in [-0.2, -0.15) is 0 Å². The molecule has 0 saturated carbocycles. The predicted octanol–water partition coefficient (Wildman–Crippen LogP) is 3.61. The fraction of sp³-hybridized carbons (Fsp3) is 0.238. The van der Waals surface area contributed by atoms with Gasteiger partial charge in [0.1, 0.15) is 5.75 Å². The molecule has 6 heteroatoms. The minimum absolute atomic E-state index is 0.193. The van der Waals surface area contributed by atoms with Crippen LogP contribution in [0.1, 0.15) is 13.3 Å². The third-order valence-electron chi connectivity index (χ3n) is 4.27. The van der Waals surface area contributed by atoms with E-state index in [1.54, 1.807) is 38.3 Å². The molecule has 0 aliphatic heterocycles. The maximum absolute atomic E-state index is 12.2. The van der Waals surface area contributed by atoms with E-state index in [9.17, 15) is 9.59 Å². The molecule has 6 nitrogen and oxygen atoms in total. The third kappa shape index (κ3) is 4.67. The topological polar surface area (TPSA) is 69.6 Å². The van der Waals surface area contributed by atoms with Crippen molar-refractivity contribution in [2.24, 2.45) is 0 Å². The van der Waals surface area contributed by atoms with Crippen LogP contribution in [0.25, 0.3) is 10.9 Å². The number of carbonyl (C=O) groups is 2. The number of aryl methyl sites for hydroxylation is 1. The number of para-hydroxylation sites is 1. The third-order valence-corrected chi connectivity index (χ3v) is 4.27. The van der Waals surface area contributed by atoms with Crippen LogP contribution in [-0.2, 0) is 20.9 Å². The molecule has 1 atom stereocenters. The zero-order valence-corrected chi connectivity index (χ0v) is 15.3. The first-order chi connectivity index (χ1) is 13.1. The Balaban J connectivity index is 1.49. The van der Waals surface area contributed by atoms with Gasteiger partial charge in [-0.25, -0.2) is 0 Å². The number of esters is 1. The highest BCUT2D eigenvalue weighted by atomic mass is 16.5. The van der Waals surface area contributed by atoms with Crippen molar-refractivity contribution < 1.29 is 19.1 Å². The highest BCUT2D eigenvalue weighted by Crippen LogP contribution is 2.17. The average molecular weight is 366 g/mol. The lowest BCUT2D eigenvalue weighted by atomic mass is 10.2. The van der Waals surface area contributed by atoms with Crippen LogP contribution in [0.2, 0.25) is 0 Å². The minimum atomic E-state index is -0.874. The summed E-state index contributed by atoms with van der Waals surface area (Å²) in [6.07, 6.45) is 1.26. The average Bonchev–Trinajstić information content (AvgIpc) is 3.10. The second kappa shape index (κ2) is 8.40. The van der Waals surface area contributed by atoms with E-state index in [4.69, 9.17) is 9.47 Å². The molecule has 27 heavy (non-hydrogen) atoms. The van der Waals surface area contributed by atoms with Gasteiger partial charge in [-0.3, -0.25) is 9.59 Å². The van der Waals surface area contributed by atoms with Crippen LogP contribution >= 0.6 is 0 Å². The number of carbonyl (C=O) groups excluding carboxylic acids is 2. The fourth-order valence-electron chi connectivity index (χ4n) is 2.78. The van der Waals surface area contributed by atoms with Crippen LogP contribution in [0.3, 0.4) is 0 Å². The van der Waals surface area contributed by atoms with Gasteiger partial charge in [-0.05, 0) is 48.7 Å². The maximum Gasteiger partial charge on any atom is 0.308 e. The molecule has 0 aliphatic carbocycles. The van der Waals surface area contributed by atoms with E-state index in [0.29, 0.717) is 18.0 Å². The number of rotatable bonds is 7. The molecule has 1 heterocycles. The Morgan fingerprint density at radius 2 is 1.81 bits per heavy atom. The Morgan fingerprint density at radius 3 is 2.56 bits per heavy atom. The molecule has 0 spiro atoms. The maximum atomic E-state index is 12.2. The van der Waals surface area contributed by atoms with Gasteiger partial charge in [-0.1, -0.05) is 18.2 Å². The lowest BCUT2D eigenvalue weighted by Gasteiger charge is -2.14. The SMILES string of the molecule is COc1ccc(NC(=O)C(C)OC(=O)CCn2ccc3ccccc32)cc1. The first-order valence-corrected chi connectivity index (χ1v) is 8.75. The number of fused-ring (bicyclic) bond motifs is 1. The quantitative estimate of drug-likeness (QED) is 0.649. The van der Waals surface area contributed by atoms with E-state index in [1.165, 1.54) is 0 Å². The number of ether oxygens (including phenoxy) is 2. The minimum Gasteiger partial charge on any atom is -0.497 e. The standard InChI is InChI=1S/C21H22N2O4/c1-15(21(25)22-17-7-9-18(26-2)10-8-17)27-20(24)12-14-23-13-11-16-5-3-4-6-19(16)23/h3-11,13,15H,12,14H2,1-2H3,(H,22,25). The molecule has 2 aromatic carbocycles. The van der Waals surface area contributed by atoms with E-state index in [-0.39, 0.29) is 12.3 Å². The van der Waals surface area contributed by atoms with Gasteiger partial charge < -0.3 is 19.4 Å². The molecule has 3 aromatic rings. The van der Waals surface area contributed by atoms with Gasteiger partial charge in [0.2, 0.25) is 0 Å². The fourth-order valence-corrected chi connectivity index (χ4v) is 2.78. The molecular formula is C21H22N2O4. The van der Waals surface area contributed by atoms with Crippen molar-refractivity contribution in [2.75, 3.05) is 12.4 Å². The normalized spacial score (nSPS) is 11.8. The number of nitrogens with one attached hydrogen (secondary N) is 1. The molecule has 0 bridgehead atoms. The van der Waals surface area contributed by atoms with E-state index in [1.807, 2.05) is 41.1 Å². The summed E-state index contributed by atoms with van der Waals surface area (Å²) in [5, 5.41) is 3.84. The van der Waals surface area contributed by atoms with Gasteiger partial charge in [-0.15, -0.1) is 0 Å². The Hall–Kier alpha value is -3.28. The molecule has 0 saturated heterocycles. The van der Waals surface area contributed by atoms with Crippen LogP contribution < -0.4 is 10.1 Å². The second-order valence-electron chi connectivity index (χ2n) is 6.17. The summed E-state index contributed by atoms with van der Waals surface area (Å²) >= 11 is 0. The summed E-state index contributed by atoms with van der Waals surface area (Å²) in [6, 6.07) is 16.9. The summed E-state index contributed by atoms with van der Waals surface area (Å²) < 4.78 is 12.3. The van der Waals surface area contributed by atoms with Crippen molar-refractivity contribution in [3.05, 3.63) is 60.8 Å². The number of aromatic nitrogens is 1. The van der Waals surface area contributed by atoms with Crippen molar-refractivity contribution in [3.63, 3.8) is 0 Å². The number of methoxy groups -OCH3 is 1. The molecule has 1 unspecified atom stereocenters. The van der Waals surface area contributed by atoms with Crippen molar-refractivity contribution in [3.8, 4) is 5.75 Å². The van der Waals surface area contributed by atoms with Crippen molar-refractivity contribution in [1.82, 2.24) is 4.57 Å². The monoisotopic (exact) mass is 366 g/mol. The van der Waals surface area contributed by atoms with Crippen LogP contribution in [0.4, 0.5) is 5.69 Å². The van der Waals surface area contributed by atoms with Crippen molar-refractivity contribution in [1.29, 1.82) is 0 Å². The summed E-state index contributed by atoms with van der Waals surface area (Å²) in [7, 11) is 1.58. The first kappa shape index (κ1) is 18.5. The van der Waals surface area contributed by atoms with Crippen molar-refractivity contribution >= 4 is 28.5 Å². The molecular weight excluding hydrogens is 344 g/mol. The number of anilines is 1. The molecule has 1 amide bonds. The molecule has 3 rings (SSSR count). The number of hydrogen-bond donors (Lipinski definition) is 1. The first-order valence-electron chi connectivity index (χ1n) is 8.75. The molecule has 0 fully saturated rings. The lowest BCUT2D eigenvalue weighted by molar-refractivity contribution is -0.153. The van der Waals surface area contributed by atoms with E-state index >= 15 is 0 Å². The van der Waals surface area contributed by atoms with Gasteiger partial charge in [0.15, 0.2) is 6.10 Å². The molecule has 1 aromatic heterocycles. The lowest BCUT2D eigenvalue weighted by Crippen LogP contribution is -2.30. The highest BCUT2D eigenvalue weighted by Gasteiger charge is 2.18. The molecule has 140 valence electrons. The summed E-state index contributed by atoms with van der Waals surface area (Å²) in [6.45, 7) is 2.06.